The van der Waals surface area contributed by atoms with Gasteiger partial charge in [-0.1, -0.05) is 11.6 Å². The molecule has 3 saturated carbocycles. The Morgan fingerprint density at radius 3 is 2.62 bits per heavy atom. The van der Waals surface area contributed by atoms with Crippen molar-refractivity contribution in [2.45, 2.75) is 38.7 Å². The van der Waals surface area contributed by atoms with Crippen LogP contribution in [0.2, 0.25) is 0 Å². The van der Waals surface area contributed by atoms with Crippen LogP contribution in [0.3, 0.4) is 0 Å². The van der Waals surface area contributed by atoms with Gasteiger partial charge in [-0.05, 0) is 43.6 Å². The second-order valence-corrected chi connectivity index (χ2v) is 6.02. The first-order valence-electron chi connectivity index (χ1n) is 6.18. The number of fused-ring (bicyclic) bond motifs is 5. The van der Waals surface area contributed by atoms with Gasteiger partial charge < -0.3 is 5.11 Å². The summed E-state index contributed by atoms with van der Waals surface area (Å²) in [6.07, 6.45) is 3.11. The summed E-state index contributed by atoms with van der Waals surface area (Å²) in [6.45, 7) is 1.93. The summed E-state index contributed by atoms with van der Waals surface area (Å²) in [7, 11) is 0. The Hall–Kier alpha value is -0.340. The standard InChI is InChI=1S/C13H17ClO2/c1-6(14)11-7-2-3-8(11)13-10(16)5-4-9(15)12(7)13/h7-9,12-13,15H,2-5H2,1H3/b11-6+. The zero-order valence-electron chi connectivity index (χ0n) is 9.45. The van der Waals surface area contributed by atoms with Crippen molar-refractivity contribution >= 4 is 17.4 Å². The fourth-order valence-corrected chi connectivity index (χ4v) is 4.62. The maximum atomic E-state index is 12.0. The van der Waals surface area contributed by atoms with Gasteiger partial charge in [0.1, 0.15) is 5.78 Å². The van der Waals surface area contributed by atoms with Crippen LogP contribution in [-0.4, -0.2) is 17.0 Å². The quantitative estimate of drug-likeness (QED) is 0.707. The zero-order chi connectivity index (χ0) is 11.4. The molecule has 2 nitrogen and oxygen atoms in total. The molecule has 3 fully saturated rings. The largest absolute Gasteiger partial charge is 0.393 e. The monoisotopic (exact) mass is 240 g/mol. The molecule has 0 radical (unpaired) electrons. The Kier molecular flexibility index (Phi) is 2.41. The fourth-order valence-electron chi connectivity index (χ4n) is 4.34. The third kappa shape index (κ3) is 1.26. The number of aliphatic hydroxyl groups is 1. The van der Waals surface area contributed by atoms with E-state index in [2.05, 4.69) is 0 Å². The average molecular weight is 241 g/mol. The lowest BCUT2D eigenvalue weighted by Gasteiger charge is -2.36. The average Bonchev–Trinajstić information content (AvgIpc) is 2.79. The van der Waals surface area contributed by atoms with Gasteiger partial charge in [-0.15, -0.1) is 0 Å². The molecule has 0 aromatic rings. The van der Waals surface area contributed by atoms with Crippen LogP contribution >= 0.6 is 11.6 Å². The van der Waals surface area contributed by atoms with Gasteiger partial charge >= 0.3 is 0 Å². The summed E-state index contributed by atoms with van der Waals surface area (Å²) >= 11 is 6.16. The van der Waals surface area contributed by atoms with E-state index in [1.807, 2.05) is 6.92 Å². The number of halogens is 1. The molecule has 0 saturated heterocycles. The lowest BCUT2D eigenvalue weighted by Crippen LogP contribution is -2.41. The van der Waals surface area contributed by atoms with E-state index in [4.69, 9.17) is 11.6 Å². The molecule has 5 atom stereocenters. The van der Waals surface area contributed by atoms with Crippen LogP contribution < -0.4 is 0 Å². The summed E-state index contributed by atoms with van der Waals surface area (Å²) in [5.74, 6) is 1.33. The fraction of sp³-hybridized carbons (Fsp3) is 0.769. The van der Waals surface area contributed by atoms with E-state index >= 15 is 0 Å². The van der Waals surface area contributed by atoms with E-state index < -0.39 is 0 Å². The molecule has 0 spiro atoms. The second-order valence-electron chi connectivity index (χ2n) is 5.45. The smallest absolute Gasteiger partial charge is 0.137 e. The minimum Gasteiger partial charge on any atom is -0.393 e. The molecule has 0 aromatic carbocycles. The summed E-state index contributed by atoms with van der Waals surface area (Å²) < 4.78 is 0. The van der Waals surface area contributed by atoms with Gasteiger partial charge in [0.2, 0.25) is 0 Å². The number of Topliss-reactive ketones (excluding diaryl/α,β-unsaturated/α-hetero) is 1. The van der Waals surface area contributed by atoms with Crippen molar-refractivity contribution in [2.24, 2.45) is 23.7 Å². The molecule has 88 valence electrons. The minimum atomic E-state index is -0.288. The maximum Gasteiger partial charge on any atom is 0.137 e. The van der Waals surface area contributed by atoms with E-state index in [-0.39, 0.29) is 17.9 Å². The van der Waals surface area contributed by atoms with Gasteiger partial charge in [-0.3, -0.25) is 4.79 Å². The maximum absolute atomic E-state index is 12.0. The van der Waals surface area contributed by atoms with Crippen LogP contribution in [0.25, 0.3) is 0 Å². The Morgan fingerprint density at radius 1 is 1.31 bits per heavy atom. The van der Waals surface area contributed by atoms with Crippen molar-refractivity contribution in [1.82, 2.24) is 0 Å². The first-order chi connectivity index (χ1) is 7.61. The number of hydrogen-bond donors (Lipinski definition) is 1. The van der Waals surface area contributed by atoms with Crippen LogP contribution in [0.5, 0.6) is 0 Å². The molecule has 0 aromatic heterocycles. The van der Waals surface area contributed by atoms with Crippen molar-refractivity contribution in [2.75, 3.05) is 0 Å². The highest BCUT2D eigenvalue weighted by atomic mass is 35.5. The van der Waals surface area contributed by atoms with E-state index in [0.29, 0.717) is 30.5 Å². The van der Waals surface area contributed by atoms with Gasteiger partial charge in [-0.25, -0.2) is 0 Å². The number of ketones is 1. The Bertz CT molecular complexity index is 370. The van der Waals surface area contributed by atoms with Crippen LogP contribution in [0.15, 0.2) is 10.6 Å². The number of carbonyl (C=O) groups excluding carboxylic acids is 1. The first kappa shape index (κ1) is 10.8. The molecule has 0 aliphatic heterocycles. The first-order valence-corrected chi connectivity index (χ1v) is 6.56. The lowest BCUT2D eigenvalue weighted by atomic mass is 9.69. The van der Waals surface area contributed by atoms with E-state index in [1.165, 1.54) is 5.57 Å². The van der Waals surface area contributed by atoms with Gasteiger partial charge in [0.15, 0.2) is 0 Å². The molecule has 3 aliphatic carbocycles. The summed E-state index contributed by atoms with van der Waals surface area (Å²) in [4.78, 5) is 12.0. The molecule has 5 unspecified atom stereocenters. The van der Waals surface area contributed by atoms with Gasteiger partial charge in [-0.2, -0.15) is 0 Å². The van der Waals surface area contributed by atoms with Crippen molar-refractivity contribution < 1.29 is 9.90 Å². The van der Waals surface area contributed by atoms with Crippen molar-refractivity contribution in [3.63, 3.8) is 0 Å². The second kappa shape index (κ2) is 3.58. The SMILES string of the molecule is C/C(Cl)=C1\C2CCC1C1C(O)CCC(=O)C21. The highest BCUT2D eigenvalue weighted by molar-refractivity contribution is 6.29. The van der Waals surface area contributed by atoms with Crippen molar-refractivity contribution in [1.29, 1.82) is 0 Å². The number of hydrogen-bond acceptors (Lipinski definition) is 2. The normalized spacial score (nSPS) is 49.4. The summed E-state index contributed by atoms with van der Waals surface area (Å²) in [5, 5.41) is 11.0. The number of carbonyl (C=O) groups is 1. The highest BCUT2D eigenvalue weighted by Gasteiger charge is 2.57. The summed E-state index contributed by atoms with van der Waals surface area (Å²) in [5.41, 5.74) is 1.28. The molecule has 2 bridgehead atoms. The molecule has 16 heavy (non-hydrogen) atoms. The van der Waals surface area contributed by atoms with Crippen LogP contribution in [0.1, 0.15) is 32.6 Å². The topological polar surface area (TPSA) is 37.3 Å². The van der Waals surface area contributed by atoms with Crippen LogP contribution in [0, 0.1) is 23.7 Å². The number of aliphatic hydroxyl groups excluding tert-OH is 1. The van der Waals surface area contributed by atoms with Crippen molar-refractivity contribution in [3.8, 4) is 0 Å². The van der Waals surface area contributed by atoms with Gasteiger partial charge in [0.25, 0.3) is 0 Å². The molecular weight excluding hydrogens is 224 g/mol. The Labute approximate surface area is 101 Å². The molecule has 3 heteroatoms. The van der Waals surface area contributed by atoms with E-state index in [1.54, 1.807) is 0 Å². The highest BCUT2D eigenvalue weighted by Crippen LogP contribution is 2.60. The van der Waals surface area contributed by atoms with Gasteiger partial charge in [0.05, 0.1) is 6.10 Å². The molecule has 3 rings (SSSR count). The predicted molar refractivity (Wildman–Crippen MR) is 62.0 cm³/mol. The third-order valence-electron chi connectivity index (χ3n) is 4.80. The zero-order valence-corrected chi connectivity index (χ0v) is 10.2. The summed E-state index contributed by atoms with van der Waals surface area (Å²) in [6, 6.07) is 0. The molecule has 1 N–H and O–H groups in total. The Balaban J connectivity index is 2.04. The number of rotatable bonds is 0. The molecule has 3 aliphatic rings. The van der Waals surface area contributed by atoms with E-state index in [9.17, 15) is 9.90 Å². The minimum absolute atomic E-state index is 0.0752. The molecule has 0 amide bonds. The van der Waals surface area contributed by atoms with Crippen molar-refractivity contribution in [3.05, 3.63) is 10.6 Å². The van der Waals surface area contributed by atoms with Gasteiger partial charge in [0, 0.05) is 23.3 Å². The predicted octanol–water partition coefficient (Wildman–Crippen LogP) is 2.50. The van der Waals surface area contributed by atoms with E-state index in [0.717, 1.165) is 17.9 Å². The third-order valence-corrected chi connectivity index (χ3v) is 5.02. The molecular formula is C13H17ClO2. The lowest BCUT2D eigenvalue weighted by molar-refractivity contribution is -0.133. The van der Waals surface area contributed by atoms with Crippen LogP contribution in [-0.2, 0) is 4.79 Å². The van der Waals surface area contributed by atoms with Crippen LogP contribution in [0.4, 0.5) is 0 Å². The molecule has 0 heterocycles. The Morgan fingerprint density at radius 2 is 2.00 bits per heavy atom. The number of allylic oxidation sites excluding steroid dienone is 2.